The Labute approximate surface area is 251 Å². The number of nitrogens with one attached hydrogen (secondary N) is 1. The normalized spacial score (nSPS) is 14.1. The van der Waals surface area contributed by atoms with Crippen LogP contribution in [0, 0.1) is 17.7 Å². The maximum atomic E-state index is 13.3. The van der Waals surface area contributed by atoms with Gasteiger partial charge in [0.15, 0.2) is 0 Å². The van der Waals surface area contributed by atoms with Crippen LogP contribution in [0.1, 0.15) is 75.1 Å². The van der Waals surface area contributed by atoms with Crippen LogP contribution >= 0.6 is 23.2 Å². The van der Waals surface area contributed by atoms with Crippen molar-refractivity contribution in [3.8, 4) is 11.4 Å². The third kappa shape index (κ3) is 10.3. The summed E-state index contributed by atoms with van der Waals surface area (Å²) in [7, 11) is 0. The SMILES string of the molecule is CCCC(CC=O)C1CCCCCC1.Fc1cc2[nH]c(-c3cccc(Cl)c3)nc2cc1Cl.O=C(O)c1ccccc1. The fourth-order valence-corrected chi connectivity index (χ4v) is 5.53. The minimum atomic E-state index is -0.879. The molecule has 8 heteroatoms. The van der Waals surface area contributed by atoms with E-state index in [1.165, 1.54) is 63.5 Å². The van der Waals surface area contributed by atoms with Crippen LogP contribution in [0.5, 0.6) is 0 Å². The van der Waals surface area contributed by atoms with Crippen molar-refractivity contribution in [3.05, 3.63) is 88.2 Å². The highest BCUT2D eigenvalue weighted by molar-refractivity contribution is 6.31. The number of hydrogen-bond donors (Lipinski definition) is 2. The lowest BCUT2D eigenvalue weighted by atomic mass is 9.81. The molecule has 2 N–H and O–H groups in total. The molecule has 4 aromatic rings. The average Bonchev–Trinajstić information content (AvgIpc) is 3.18. The molecular weight excluding hydrogens is 562 g/mol. The van der Waals surface area contributed by atoms with Gasteiger partial charge in [-0.1, -0.05) is 112 Å². The lowest BCUT2D eigenvalue weighted by molar-refractivity contribution is -0.109. The zero-order valence-corrected chi connectivity index (χ0v) is 24.8. The van der Waals surface area contributed by atoms with E-state index in [1.54, 1.807) is 42.5 Å². The lowest BCUT2D eigenvalue weighted by Crippen LogP contribution is -2.14. The molecule has 0 radical (unpaired) electrons. The molecule has 0 amide bonds. The second kappa shape index (κ2) is 16.9. The van der Waals surface area contributed by atoms with Crippen LogP contribution in [0.25, 0.3) is 22.4 Å². The molecule has 0 spiro atoms. The maximum absolute atomic E-state index is 13.3. The first-order chi connectivity index (χ1) is 19.8. The van der Waals surface area contributed by atoms with Gasteiger partial charge in [-0.3, -0.25) is 0 Å². The van der Waals surface area contributed by atoms with Crippen molar-refractivity contribution in [2.75, 3.05) is 0 Å². The first-order valence-electron chi connectivity index (χ1n) is 14.1. The van der Waals surface area contributed by atoms with Gasteiger partial charge < -0.3 is 14.9 Å². The van der Waals surface area contributed by atoms with E-state index in [2.05, 4.69) is 16.9 Å². The smallest absolute Gasteiger partial charge is 0.335 e. The van der Waals surface area contributed by atoms with Crippen molar-refractivity contribution >= 4 is 46.5 Å². The number of hydrogen-bond acceptors (Lipinski definition) is 3. The summed E-state index contributed by atoms with van der Waals surface area (Å²) in [6, 6.07) is 18.4. The number of nitrogens with zero attached hydrogens (tertiary/aromatic N) is 1. The summed E-state index contributed by atoms with van der Waals surface area (Å²) in [4.78, 5) is 28.2. The molecule has 41 heavy (non-hydrogen) atoms. The minimum absolute atomic E-state index is 0.0617. The van der Waals surface area contributed by atoms with Gasteiger partial charge in [0.2, 0.25) is 0 Å². The zero-order chi connectivity index (χ0) is 29.6. The summed E-state index contributed by atoms with van der Waals surface area (Å²) in [6.45, 7) is 2.23. The molecule has 3 aromatic carbocycles. The molecule has 1 aliphatic rings. The highest BCUT2D eigenvalue weighted by Gasteiger charge is 2.21. The molecule has 218 valence electrons. The second-order valence-corrected chi connectivity index (χ2v) is 11.1. The summed E-state index contributed by atoms with van der Waals surface area (Å²) in [6.07, 6.45) is 12.8. The third-order valence-electron chi connectivity index (χ3n) is 7.27. The number of aldehydes is 1. The van der Waals surface area contributed by atoms with E-state index >= 15 is 0 Å². The van der Waals surface area contributed by atoms with Gasteiger partial charge in [0, 0.05) is 23.1 Å². The number of fused-ring (bicyclic) bond motifs is 1. The third-order valence-corrected chi connectivity index (χ3v) is 7.79. The predicted molar refractivity (Wildman–Crippen MR) is 165 cm³/mol. The van der Waals surface area contributed by atoms with E-state index in [1.807, 2.05) is 12.1 Å². The number of carboxylic acids is 1. The number of rotatable bonds is 7. The maximum Gasteiger partial charge on any atom is 0.335 e. The summed E-state index contributed by atoms with van der Waals surface area (Å²) in [5.74, 6) is 0.827. The Bertz CT molecular complexity index is 1350. The van der Waals surface area contributed by atoms with Gasteiger partial charge in [0.25, 0.3) is 0 Å². The summed E-state index contributed by atoms with van der Waals surface area (Å²) >= 11 is 11.6. The van der Waals surface area contributed by atoms with Gasteiger partial charge in [-0.25, -0.2) is 14.2 Å². The van der Waals surface area contributed by atoms with E-state index in [0.717, 1.165) is 24.2 Å². The lowest BCUT2D eigenvalue weighted by Gasteiger charge is -2.23. The molecule has 1 unspecified atom stereocenters. The molecular formula is C33H37Cl2FN2O3. The summed E-state index contributed by atoms with van der Waals surface area (Å²) < 4.78 is 13.3. The quantitative estimate of drug-likeness (QED) is 0.164. The highest BCUT2D eigenvalue weighted by Crippen LogP contribution is 2.33. The fraction of sp³-hybridized carbons (Fsp3) is 0.364. The molecule has 1 aliphatic carbocycles. The number of carboxylic acid groups (broad SMARTS) is 1. The Morgan fingerprint density at radius 3 is 2.34 bits per heavy atom. The molecule has 1 saturated carbocycles. The van der Waals surface area contributed by atoms with Crippen molar-refractivity contribution in [1.29, 1.82) is 0 Å². The van der Waals surface area contributed by atoms with Gasteiger partial charge in [0.1, 0.15) is 17.9 Å². The minimum Gasteiger partial charge on any atom is -0.478 e. The Morgan fingerprint density at radius 1 is 1.05 bits per heavy atom. The number of carbonyl (C=O) groups excluding carboxylic acids is 1. The monoisotopic (exact) mass is 598 g/mol. The molecule has 0 aliphatic heterocycles. The Hall–Kier alpha value is -3.22. The second-order valence-electron chi connectivity index (χ2n) is 10.3. The van der Waals surface area contributed by atoms with Crippen LogP contribution in [0.3, 0.4) is 0 Å². The van der Waals surface area contributed by atoms with E-state index in [-0.39, 0.29) is 5.02 Å². The largest absolute Gasteiger partial charge is 0.478 e. The van der Waals surface area contributed by atoms with Gasteiger partial charge in [-0.15, -0.1) is 0 Å². The van der Waals surface area contributed by atoms with Crippen LogP contribution in [-0.2, 0) is 4.79 Å². The number of imidazole rings is 1. The Kier molecular flexibility index (Phi) is 13.3. The number of H-pyrrole nitrogens is 1. The molecule has 5 rings (SSSR count). The molecule has 1 heterocycles. The standard InChI is InChI=1S/C13H7Cl2FN2.C13H24O.C7H6O2/c14-8-3-1-2-7(4-8)13-17-11-5-9(15)10(16)6-12(11)18-13;1-2-7-12(10-11-14)13-8-5-3-4-6-9-13;8-7(9)6-4-2-1-3-5-6/h1-6H,(H,17,18);11-13H,2-10H2,1H3;1-5H,(H,8,9). The zero-order valence-electron chi connectivity index (χ0n) is 23.3. The Balaban J connectivity index is 0.000000179. The van der Waals surface area contributed by atoms with Crippen molar-refractivity contribution < 1.29 is 19.1 Å². The number of carbonyl (C=O) groups is 2. The molecule has 0 saturated heterocycles. The number of aromatic amines is 1. The van der Waals surface area contributed by atoms with Gasteiger partial charge in [-0.05, 0) is 42.2 Å². The number of aromatic nitrogens is 2. The van der Waals surface area contributed by atoms with Crippen LogP contribution in [0.4, 0.5) is 4.39 Å². The summed E-state index contributed by atoms with van der Waals surface area (Å²) in [5, 5.41) is 9.07. The number of aromatic carboxylic acids is 1. The van der Waals surface area contributed by atoms with Crippen molar-refractivity contribution in [2.45, 2.75) is 64.7 Å². The molecule has 1 fully saturated rings. The van der Waals surface area contributed by atoms with Crippen molar-refractivity contribution in [3.63, 3.8) is 0 Å². The topological polar surface area (TPSA) is 83.0 Å². The molecule has 5 nitrogen and oxygen atoms in total. The number of benzene rings is 3. The predicted octanol–water partition coefficient (Wildman–Crippen LogP) is 10.0. The van der Waals surface area contributed by atoms with E-state index in [9.17, 15) is 14.0 Å². The van der Waals surface area contributed by atoms with Crippen LogP contribution in [-0.4, -0.2) is 27.3 Å². The van der Waals surface area contributed by atoms with Gasteiger partial charge >= 0.3 is 5.97 Å². The molecule has 1 atom stereocenters. The molecule has 1 aromatic heterocycles. The van der Waals surface area contributed by atoms with E-state index < -0.39 is 11.8 Å². The van der Waals surface area contributed by atoms with Crippen LogP contribution < -0.4 is 0 Å². The van der Waals surface area contributed by atoms with Gasteiger partial charge in [0.05, 0.1) is 21.6 Å². The summed E-state index contributed by atoms with van der Waals surface area (Å²) in [5.41, 5.74) is 2.40. The average molecular weight is 600 g/mol. The first-order valence-corrected chi connectivity index (χ1v) is 14.9. The number of halogens is 3. The van der Waals surface area contributed by atoms with Crippen LogP contribution in [0.15, 0.2) is 66.7 Å². The first kappa shape index (κ1) is 32.3. The fourth-order valence-electron chi connectivity index (χ4n) is 5.18. The van der Waals surface area contributed by atoms with Gasteiger partial charge in [-0.2, -0.15) is 0 Å². The van der Waals surface area contributed by atoms with Crippen molar-refractivity contribution in [1.82, 2.24) is 9.97 Å². The van der Waals surface area contributed by atoms with Crippen LogP contribution in [0.2, 0.25) is 10.0 Å². The molecule has 0 bridgehead atoms. The van der Waals surface area contributed by atoms with E-state index in [4.69, 9.17) is 28.3 Å². The van der Waals surface area contributed by atoms with Crippen molar-refractivity contribution in [2.24, 2.45) is 11.8 Å². The highest BCUT2D eigenvalue weighted by atomic mass is 35.5. The Morgan fingerprint density at radius 2 is 1.76 bits per heavy atom. The van der Waals surface area contributed by atoms with E-state index in [0.29, 0.717) is 33.4 Å².